The molecule has 1 fully saturated rings. The fourth-order valence-corrected chi connectivity index (χ4v) is 5.08. The summed E-state index contributed by atoms with van der Waals surface area (Å²) >= 11 is 1.06. The van der Waals surface area contributed by atoms with E-state index in [1.807, 2.05) is 49.6 Å². The quantitative estimate of drug-likeness (QED) is 0.267. The molecule has 1 saturated heterocycles. The van der Waals surface area contributed by atoms with E-state index in [2.05, 4.69) is 0 Å². The molecule has 1 aromatic heterocycles. The molecular formula is C27H26N2O5S. The normalized spacial score (nSPS) is 15.5. The Bertz CT molecular complexity index is 1280. The molecule has 8 heteroatoms. The Labute approximate surface area is 208 Å². The molecule has 2 heterocycles. The van der Waals surface area contributed by atoms with Gasteiger partial charge in [0.05, 0.1) is 16.7 Å². The predicted molar refractivity (Wildman–Crippen MR) is 135 cm³/mol. The van der Waals surface area contributed by atoms with Crippen LogP contribution >= 0.6 is 11.8 Å². The van der Waals surface area contributed by atoms with E-state index in [1.165, 1.54) is 0 Å². The maximum absolute atomic E-state index is 12.8. The third kappa shape index (κ3) is 5.22. The zero-order chi connectivity index (χ0) is 25.1. The molecule has 1 unspecified atom stereocenters. The number of ether oxygens (including phenoxy) is 1. The molecule has 35 heavy (non-hydrogen) atoms. The van der Waals surface area contributed by atoms with Crippen LogP contribution in [0.5, 0.6) is 0 Å². The van der Waals surface area contributed by atoms with Crippen molar-refractivity contribution in [3.63, 3.8) is 0 Å². The highest BCUT2D eigenvalue weighted by molar-refractivity contribution is 8.01. The zero-order valence-corrected chi connectivity index (χ0v) is 20.6. The van der Waals surface area contributed by atoms with Crippen molar-refractivity contribution in [3.05, 3.63) is 83.2 Å². The number of anilines is 1. The average Bonchev–Trinajstić information content (AvgIpc) is 3.31. The first kappa shape index (κ1) is 24.5. The molecule has 0 N–H and O–H groups in total. The summed E-state index contributed by atoms with van der Waals surface area (Å²) in [5.41, 5.74) is 4.80. The highest BCUT2D eigenvalue weighted by Gasteiger charge is 2.40. The molecule has 1 aliphatic rings. The molecule has 0 aliphatic carbocycles. The van der Waals surface area contributed by atoms with Gasteiger partial charge in [-0.05, 0) is 51.1 Å². The monoisotopic (exact) mass is 490 g/mol. The van der Waals surface area contributed by atoms with Crippen LogP contribution in [0, 0.1) is 20.8 Å². The van der Waals surface area contributed by atoms with Gasteiger partial charge in [0.1, 0.15) is 0 Å². The number of benzene rings is 2. The van der Waals surface area contributed by atoms with E-state index in [0.29, 0.717) is 11.3 Å². The van der Waals surface area contributed by atoms with Crippen LogP contribution in [0.15, 0.2) is 60.7 Å². The van der Waals surface area contributed by atoms with E-state index in [1.54, 1.807) is 36.4 Å². The van der Waals surface area contributed by atoms with Crippen LogP contribution in [0.2, 0.25) is 0 Å². The summed E-state index contributed by atoms with van der Waals surface area (Å²) in [5.74, 6) is -1.67. The number of aromatic nitrogens is 1. The fraction of sp³-hybridized carbons (Fsp3) is 0.259. The standard InChI is InChI=1S/C27H26N2O5S/c1-17-9-11-21(12-10-17)28-18(2)13-22(19(28)3)23(30)15-34-26(32)16-35-24-14-25(31)29(27(24)33)20-7-5-4-6-8-20/h4-13,24H,14-16H2,1-3H3. The topological polar surface area (TPSA) is 85.7 Å². The van der Waals surface area contributed by atoms with Crippen molar-refractivity contribution in [2.24, 2.45) is 0 Å². The number of Topliss-reactive ketones (excluding diaryl/α,β-unsaturated/α-hetero) is 1. The van der Waals surface area contributed by atoms with Crippen molar-refractivity contribution in [2.75, 3.05) is 17.3 Å². The number of carbonyl (C=O) groups is 4. The predicted octanol–water partition coefficient (Wildman–Crippen LogP) is 4.19. The Morgan fingerprint density at radius 2 is 1.66 bits per heavy atom. The zero-order valence-electron chi connectivity index (χ0n) is 19.8. The summed E-state index contributed by atoms with van der Waals surface area (Å²) in [6.07, 6.45) is 0.0234. The van der Waals surface area contributed by atoms with Gasteiger partial charge in [-0.2, -0.15) is 0 Å². The van der Waals surface area contributed by atoms with E-state index in [4.69, 9.17) is 4.74 Å². The van der Waals surface area contributed by atoms with E-state index in [9.17, 15) is 19.2 Å². The van der Waals surface area contributed by atoms with Crippen LogP contribution in [0.25, 0.3) is 5.69 Å². The lowest BCUT2D eigenvalue weighted by atomic mass is 10.1. The lowest BCUT2D eigenvalue weighted by Gasteiger charge is -2.14. The number of nitrogens with zero attached hydrogens (tertiary/aromatic N) is 2. The Morgan fingerprint density at radius 1 is 0.971 bits per heavy atom. The van der Waals surface area contributed by atoms with Crippen LogP contribution < -0.4 is 4.90 Å². The molecule has 0 bridgehead atoms. The third-order valence-electron chi connectivity index (χ3n) is 5.91. The number of esters is 1. The van der Waals surface area contributed by atoms with Gasteiger partial charge in [0.15, 0.2) is 6.61 Å². The second kappa shape index (κ2) is 10.3. The molecular weight excluding hydrogens is 464 g/mol. The first-order chi connectivity index (χ1) is 16.8. The molecule has 0 saturated carbocycles. The van der Waals surface area contributed by atoms with Crippen molar-refractivity contribution >= 4 is 41.0 Å². The third-order valence-corrected chi connectivity index (χ3v) is 7.08. The van der Waals surface area contributed by atoms with Crippen LogP contribution in [-0.4, -0.2) is 45.7 Å². The van der Waals surface area contributed by atoms with Gasteiger partial charge in [0, 0.05) is 29.1 Å². The number of ketones is 1. The molecule has 3 aromatic rings. The van der Waals surface area contributed by atoms with Gasteiger partial charge in [0.25, 0.3) is 0 Å². The number of para-hydroxylation sites is 1. The summed E-state index contributed by atoms with van der Waals surface area (Å²) < 4.78 is 7.18. The number of aryl methyl sites for hydroxylation is 2. The number of imide groups is 1. The van der Waals surface area contributed by atoms with Crippen molar-refractivity contribution in [1.29, 1.82) is 0 Å². The maximum atomic E-state index is 12.8. The second-order valence-electron chi connectivity index (χ2n) is 8.45. The number of thioether (sulfide) groups is 1. The van der Waals surface area contributed by atoms with Gasteiger partial charge in [-0.15, -0.1) is 11.8 Å². The minimum absolute atomic E-state index is 0.0234. The minimum Gasteiger partial charge on any atom is -0.457 e. The van der Waals surface area contributed by atoms with E-state index in [0.717, 1.165) is 39.3 Å². The number of rotatable bonds is 8. The van der Waals surface area contributed by atoms with Crippen molar-refractivity contribution in [1.82, 2.24) is 4.57 Å². The van der Waals surface area contributed by atoms with Crippen molar-refractivity contribution in [2.45, 2.75) is 32.4 Å². The van der Waals surface area contributed by atoms with E-state index < -0.39 is 11.2 Å². The smallest absolute Gasteiger partial charge is 0.316 e. The lowest BCUT2D eigenvalue weighted by Crippen LogP contribution is -2.31. The van der Waals surface area contributed by atoms with Gasteiger partial charge >= 0.3 is 5.97 Å². The summed E-state index contributed by atoms with van der Waals surface area (Å²) in [5, 5.41) is -0.653. The van der Waals surface area contributed by atoms with Crippen molar-refractivity contribution < 1.29 is 23.9 Å². The van der Waals surface area contributed by atoms with Crippen LogP contribution in [0.1, 0.15) is 33.7 Å². The Morgan fingerprint density at radius 3 is 2.34 bits per heavy atom. The van der Waals surface area contributed by atoms with Crippen LogP contribution in [-0.2, 0) is 19.1 Å². The molecule has 0 radical (unpaired) electrons. The Balaban J connectivity index is 1.32. The summed E-state index contributed by atoms with van der Waals surface area (Å²) in [7, 11) is 0. The van der Waals surface area contributed by atoms with Gasteiger partial charge in [-0.3, -0.25) is 19.2 Å². The van der Waals surface area contributed by atoms with Gasteiger partial charge in [0.2, 0.25) is 17.6 Å². The number of hydrogen-bond donors (Lipinski definition) is 0. The SMILES string of the molecule is Cc1ccc(-n2c(C)cc(C(=O)COC(=O)CSC3CC(=O)N(c4ccccc4)C3=O)c2C)cc1. The number of amides is 2. The van der Waals surface area contributed by atoms with Crippen molar-refractivity contribution in [3.8, 4) is 5.69 Å². The summed E-state index contributed by atoms with van der Waals surface area (Å²) in [6.45, 7) is 5.41. The molecule has 4 rings (SSSR count). The molecule has 180 valence electrons. The molecule has 0 spiro atoms. The fourth-order valence-electron chi connectivity index (χ4n) is 4.15. The second-order valence-corrected chi connectivity index (χ2v) is 9.64. The van der Waals surface area contributed by atoms with Gasteiger partial charge in [-0.25, -0.2) is 4.90 Å². The number of hydrogen-bond acceptors (Lipinski definition) is 6. The van der Waals surface area contributed by atoms with Gasteiger partial charge in [-0.1, -0.05) is 35.9 Å². The molecule has 1 atom stereocenters. The number of carbonyl (C=O) groups excluding carboxylic acids is 4. The Kier molecular flexibility index (Phi) is 7.21. The van der Waals surface area contributed by atoms with E-state index >= 15 is 0 Å². The lowest BCUT2D eigenvalue weighted by molar-refractivity contribution is -0.139. The molecule has 1 aliphatic heterocycles. The highest BCUT2D eigenvalue weighted by atomic mass is 32.2. The summed E-state index contributed by atoms with van der Waals surface area (Å²) in [6, 6.07) is 18.5. The Hall–Kier alpha value is -3.65. The first-order valence-electron chi connectivity index (χ1n) is 11.2. The summed E-state index contributed by atoms with van der Waals surface area (Å²) in [4.78, 5) is 51.2. The largest absolute Gasteiger partial charge is 0.457 e. The molecule has 7 nitrogen and oxygen atoms in total. The first-order valence-corrected chi connectivity index (χ1v) is 12.3. The van der Waals surface area contributed by atoms with Crippen LogP contribution in [0.3, 0.4) is 0 Å². The maximum Gasteiger partial charge on any atom is 0.316 e. The van der Waals surface area contributed by atoms with Crippen LogP contribution in [0.4, 0.5) is 5.69 Å². The highest BCUT2D eigenvalue weighted by Crippen LogP contribution is 2.29. The van der Waals surface area contributed by atoms with Gasteiger partial charge < -0.3 is 9.30 Å². The molecule has 2 aromatic carbocycles. The van der Waals surface area contributed by atoms with E-state index in [-0.39, 0.29) is 36.4 Å². The molecule has 2 amide bonds. The minimum atomic E-state index is -0.653. The average molecular weight is 491 g/mol.